The largest absolute Gasteiger partial charge is 0.612 e. The van der Waals surface area contributed by atoms with Crippen molar-refractivity contribution in [3.8, 4) is 5.75 Å². The van der Waals surface area contributed by atoms with Gasteiger partial charge >= 0.3 is 0 Å². The average molecular weight is 482 g/mol. The molecule has 1 atom stereocenters. The lowest BCUT2D eigenvalue weighted by Gasteiger charge is -2.17. The van der Waals surface area contributed by atoms with Crippen molar-refractivity contribution in [2.75, 3.05) is 48.7 Å². The second-order valence-electron chi connectivity index (χ2n) is 7.70. The van der Waals surface area contributed by atoms with Crippen LogP contribution in [-0.2, 0) is 27.1 Å². The maximum absolute atomic E-state index is 12.3. The van der Waals surface area contributed by atoms with Crippen LogP contribution in [-0.4, -0.2) is 53.6 Å². The van der Waals surface area contributed by atoms with Gasteiger partial charge in [0.1, 0.15) is 18.6 Å². The first-order chi connectivity index (χ1) is 16.5. The van der Waals surface area contributed by atoms with E-state index in [2.05, 4.69) is 20.6 Å². The standard InChI is InChI=1S/C24H27N5O4S/c1-16(30)29-12-11-19-20(5-4-6-21(19)29)27-23-22(34(3)31)15-25-24(28-23)26-17-7-9-18(10-8-17)33-14-13-32-2/h4-10,15H,11-14H2,1-3H3,(H2,25,26,27,28). The second kappa shape index (κ2) is 10.7. The Morgan fingerprint density at radius 1 is 1.18 bits per heavy atom. The van der Waals surface area contributed by atoms with Crippen molar-refractivity contribution >= 4 is 45.9 Å². The van der Waals surface area contributed by atoms with E-state index in [1.807, 2.05) is 42.5 Å². The van der Waals surface area contributed by atoms with Crippen LogP contribution in [0.2, 0.25) is 0 Å². The number of carbonyl (C=O) groups is 1. The first kappa shape index (κ1) is 23.8. The first-order valence-corrected chi connectivity index (χ1v) is 12.4. The fraction of sp³-hybridized carbons (Fsp3) is 0.292. The summed E-state index contributed by atoms with van der Waals surface area (Å²) in [6.07, 6.45) is 3.88. The number of ether oxygens (including phenoxy) is 2. The molecule has 4 rings (SSSR count). The van der Waals surface area contributed by atoms with E-state index in [9.17, 15) is 9.35 Å². The molecule has 1 unspecified atom stereocenters. The Morgan fingerprint density at radius 2 is 1.97 bits per heavy atom. The number of aromatic nitrogens is 2. The quantitative estimate of drug-likeness (QED) is 0.352. The van der Waals surface area contributed by atoms with Gasteiger partial charge in [-0.15, -0.1) is 0 Å². The van der Waals surface area contributed by atoms with Gasteiger partial charge in [0.2, 0.25) is 16.8 Å². The highest BCUT2D eigenvalue weighted by Crippen LogP contribution is 2.36. The SMILES string of the molecule is COCCOc1ccc(Nc2ncc([S+](C)[O-])c(Nc3cccc4c3CCN4C(C)=O)n2)cc1. The van der Waals surface area contributed by atoms with E-state index in [1.165, 1.54) is 0 Å². The van der Waals surface area contributed by atoms with Crippen LogP contribution in [0, 0.1) is 0 Å². The Balaban J connectivity index is 1.55. The van der Waals surface area contributed by atoms with Crippen LogP contribution in [0.25, 0.3) is 0 Å². The molecule has 178 valence electrons. The Kier molecular flexibility index (Phi) is 7.51. The Hall–Kier alpha value is -3.34. The van der Waals surface area contributed by atoms with Gasteiger partial charge in [-0.25, -0.2) is 4.98 Å². The van der Waals surface area contributed by atoms with Crippen molar-refractivity contribution in [1.29, 1.82) is 0 Å². The van der Waals surface area contributed by atoms with E-state index in [0.29, 0.717) is 36.4 Å². The lowest BCUT2D eigenvalue weighted by molar-refractivity contribution is -0.116. The van der Waals surface area contributed by atoms with Gasteiger partial charge in [-0.05, 0) is 54.0 Å². The first-order valence-electron chi connectivity index (χ1n) is 10.8. The summed E-state index contributed by atoms with van der Waals surface area (Å²) in [6, 6.07) is 13.2. The average Bonchev–Trinajstić information content (AvgIpc) is 3.26. The highest BCUT2D eigenvalue weighted by molar-refractivity contribution is 7.90. The molecular formula is C24H27N5O4S. The number of methoxy groups -OCH3 is 1. The van der Waals surface area contributed by atoms with Gasteiger partial charge in [-0.2, -0.15) is 4.98 Å². The molecule has 10 heteroatoms. The molecule has 2 aromatic carbocycles. The third kappa shape index (κ3) is 5.41. The molecule has 0 aliphatic carbocycles. The zero-order valence-electron chi connectivity index (χ0n) is 19.3. The maximum atomic E-state index is 12.3. The van der Waals surface area contributed by atoms with Crippen molar-refractivity contribution in [1.82, 2.24) is 9.97 Å². The third-order valence-electron chi connectivity index (χ3n) is 5.39. The van der Waals surface area contributed by atoms with E-state index in [-0.39, 0.29) is 5.91 Å². The summed E-state index contributed by atoms with van der Waals surface area (Å²) < 4.78 is 22.9. The van der Waals surface area contributed by atoms with E-state index in [1.54, 1.807) is 31.4 Å². The molecule has 0 fully saturated rings. The van der Waals surface area contributed by atoms with E-state index in [0.717, 1.165) is 34.8 Å². The van der Waals surface area contributed by atoms with Crippen molar-refractivity contribution < 1.29 is 18.8 Å². The number of nitrogens with one attached hydrogen (secondary N) is 2. The predicted octanol–water partition coefficient (Wildman–Crippen LogP) is 3.64. The van der Waals surface area contributed by atoms with Crippen molar-refractivity contribution in [2.24, 2.45) is 0 Å². The van der Waals surface area contributed by atoms with E-state index >= 15 is 0 Å². The number of carbonyl (C=O) groups excluding carboxylic acids is 1. The number of hydrogen-bond donors (Lipinski definition) is 2. The van der Waals surface area contributed by atoms with Gasteiger partial charge in [0.25, 0.3) is 0 Å². The number of fused-ring (bicyclic) bond motifs is 1. The number of hydrogen-bond acceptors (Lipinski definition) is 8. The summed E-state index contributed by atoms with van der Waals surface area (Å²) in [5.74, 6) is 1.56. The summed E-state index contributed by atoms with van der Waals surface area (Å²) in [4.78, 5) is 23.1. The van der Waals surface area contributed by atoms with Crippen LogP contribution in [0.1, 0.15) is 12.5 Å². The van der Waals surface area contributed by atoms with E-state index in [4.69, 9.17) is 9.47 Å². The van der Waals surface area contributed by atoms with Gasteiger partial charge in [0, 0.05) is 43.2 Å². The van der Waals surface area contributed by atoms with Crippen molar-refractivity contribution in [3.05, 3.63) is 54.2 Å². The van der Waals surface area contributed by atoms with Crippen molar-refractivity contribution in [2.45, 2.75) is 18.2 Å². The van der Waals surface area contributed by atoms with Gasteiger partial charge < -0.3 is 29.6 Å². The van der Waals surface area contributed by atoms with Crippen LogP contribution < -0.4 is 20.3 Å². The minimum atomic E-state index is -1.30. The van der Waals surface area contributed by atoms with Crippen LogP contribution in [0.4, 0.5) is 28.8 Å². The molecule has 1 aliphatic heterocycles. The zero-order chi connectivity index (χ0) is 24.1. The normalized spacial score (nSPS) is 13.4. The molecule has 1 aliphatic rings. The van der Waals surface area contributed by atoms with Crippen LogP contribution in [0.5, 0.6) is 5.75 Å². The number of nitrogens with zero attached hydrogens (tertiary/aromatic N) is 3. The summed E-state index contributed by atoms with van der Waals surface area (Å²) in [6.45, 7) is 3.20. The van der Waals surface area contributed by atoms with Crippen LogP contribution in [0.15, 0.2) is 53.6 Å². The molecule has 34 heavy (non-hydrogen) atoms. The highest BCUT2D eigenvalue weighted by Gasteiger charge is 2.25. The van der Waals surface area contributed by atoms with Crippen LogP contribution in [0.3, 0.4) is 0 Å². The maximum Gasteiger partial charge on any atom is 0.229 e. The molecule has 0 bridgehead atoms. The summed E-state index contributed by atoms with van der Waals surface area (Å²) >= 11 is -1.30. The summed E-state index contributed by atoms with van der Waals surface area (Å²) in [5.41, 5.74) is 3.53. The predicted molar refractivity (Wildman–Crippen MR) is 133 cm³/mol. The smallest absolute Gasteiger partial charge is 0.229 e. The number of benzene rings is 2. The fourth-order valence-electron chi connectivity index (χ4n) is 3.74. The van der Waals surface area contributed by atoms with E-state index < -0.39 is 11.2 Å². The molecule has 1 amide bonds. The van der Waals surface area contributed by atoms with Gasteiger partial charge in [0.05, 0.1) is 12.8 Å². The summed E-state index contributed by atoms with van der Waals surface area (Å²) in [5, 5.41) is 6.49. The van der Waals surface area contributed by atoms with Gasteiger partial charge in [-0.3, -0.25) is 4.79 Å². The monoisotopic (exact) mass is 481 g/mol. The molecule has 9 nitrogen and oxygen atoms in total. The van der Waals surface area contributed by atoms with Crippen molar-refractivity contribution in [3.63, 3.8) is 0 Å². The number of rotatable bonds is 9. The third-order valence-corrected chi connectivity index (χ3v) is 6.31. The molecule has 2 N–H and O–H groups in total. The minimum absolute atomic E-state index is 0.00916. The molecular weight excluding hydrogens is 454 g/mol. The lowest BCUT2D eigenvalue weighted by atomic mass is 10.1. The lowest BCUT2D eigenvalue weighted by Crippen LogP contribution is -2.25. The zero-order valence-corrected chi connectivity index (χ0v) is 20.1. The Labute approximate surface area is 201 Å². The van der Waals surface area contributed by atoms with Crippen LogP contribution >= 0.6 is 0 Å². The molecule has 0 spiro atoms. The summed E-state index contributed by atoms with van der Waals surface area (Å²) in [7, 11) is 1.63. The molecule has 1 aromatic heterocycles. The minimum Gasteiger partial charge on any atom is -0.612 e. The van der Waals surface area contributed by atoms with Gasteiger partial charge in [-0.1, -0.05) is 6.07 Å². The second-order valence-corrected chi connectivity index (χ2v) is 9.05. The molecule has 0 saturated heterocycles. The molecule has 2 heterocycles. The topological polar surface area (TPSA) is 112 Å². The Bertz CT molecular complexity index is 1160. The molecule has 0 radical (unpaired) electrons. The molecule has 3 aromatic rings. The highest BCUT2D eigenvalue weighted by atomic mass is 32.2. The fourth-order valence-corrected chi connectivity index (χ4v) is 4.31. The number of amides is 1. The molecule has 0 saturated carbocycles. The number of anilines is 5. The Morgan fingerprint density at radius 3 is 2.68 bits per heavy atom. The van der Waals surface area contributed by atoms with Gasteiger partial charge in [0.15, 0.2) is 5.82 Å².